The van der Waals surface area contributed by atoms with Crippen molar-refractivity contribution in [3.63, 3.8) is 0 Å². The summed E-state index contributed by atoms with van der Waals surface area (Å²) in [5.74, 6) is -2.10. The van der Waals surface area contributed by atoms with Gasteiger partial charge in [-0.2, -0.15) is 0 Å². The molecule has 11 nitrogen and oxygen atoms in total. The molecule has 5 aromatic rings. The Morgan fingerprint density at radius 1 is 0.719 bits per heavy atom. The van der Waals surface area contributed by atoms with Gasteiger partial charge < -0.3 is 34.1 Å². The van der Waals surface area contributed by atoms with Gasteiger partial charge in [0.15, 0.2) is 5.78 Å². The van der Waals surface area contributed by atoms with E-state index in [9.17, 15) is 18.9 Å². The first kappa shape index (κ1) is 40.8. The number of likely N-dealkylation sites (tertiary alicyclic amines) is 1. The van der Waals surface area contributed by atoms with Crippen LogP contribution in [0.3, 0.4) is 0 Å². The van der Waals surface area contributed by atoms with Crippen molar-refractivity contribution in [2.45, 2.75) is 56.1 Å². The molecule has 1 fully saturated rings. The molecule has 296 valence electrons. The van der Waals surface area contributed by atoms with Gasteiger partial charge in [-0.1, -0.05) is 127 Å². The average molecular weight is 790 g/mol. The highest BCUT2D eigenvalue weighted by Gasteiger charge is 2.45. The average Bonchev–Trinajstić information content (AvgIpc) is 3.75. The molecule has 3 amide bonds. The Bertz CT molecular complexity index is 1970. The molecule has 1 heterocycles. The largest absolute Gasteiger partial charge is 0.452 e. The van der Waals surface area contributed by atoms with Crippen LogP contribution in [0, 0.1) is 0 Å². The normalized spacial score (nSPS) is 15.0. The van der Waals surface area contributed by atoms with Crippen LogP contribution in [0.4, 0.5) is 4.79 Å². The van der Waals surface area contributed by atoms with E-state index in [1.165, 1.54) is 4.90 Å². The summed E-state index contributed by atoms with van der Waals surface area (Å²) in [6, 6.07) is 43.4. The van der Waals surface area contributed by atoms with Gasteiger partial charge in [0.25, 0.3) is 0 Å². The lowest BCUT2D eigenvalue weighted by molar-refractivity contribution is -0.140. The standard InChI is InChI=1S/C45H48N3O8P/c1-53-32-18-30-40(57(52,55-37-25-13-5-14-26-37)56-38-27-15-6-16-28-38)46-43(49)39-29-17-31-48(39)44(50)42(47-45(51)54-33-34-19-7-2-8-20-34)41(35-21-9-3-10-22-35)36-23-11-4-12-24-36/h2-16,19-28,39-42H,17-18,29-33H2,1H3,(H,46,49)(H,47,51)/t39-,40+,42+/m0/s1. The zero-order chi connectivity index (χ0) is 39.9. The number of rotatable bonds is 18. The molecule has 57 heavy (non-hydrogen) atoms. The number of para-hydroxylation sites is 2. The van der Waals surface area contributed by atoms with Gasteiger partial charge in [-0.15, -0.1) is 0 Å². The van der Waals surface area contributed by atoms with E-state index in [-0.39, 0.29) is 19.6 Å². The quantitative estimate of drug-likeness (QED) is 0.0670. The van der Waals surface area contributed by atoms with E-state index in [4.69, 9.17) is 18.5 Å². The van der Waals surface area contributed by atoms with Crippen molar-refractivity contribution in [1.82, 2.24) is 15.5 Å². The van der Waals surface area contributed by atoms with Crippen LogP contribution < -0.4 is 19.7 Å². The Hall–Kier alpha value is -5.90. The van der Waals surface area contributed by atoms with Gasteiger partial charge in [0.2, 0.25) is 11.8 Å². The van der Waals surface area contributed by atoms with Crippen LogP contribution in [0.2, 0.25) is 0 Å². The third kappa shape index (κ3) is 11.1. The Morgan fingerprint density at radius 3 is 1.75 bits per heavy atom. The van der Waals surface area contributed by atoms with Crippen molar-refractivity contribution >= 4 is 25.5 Å². The van der Waals surface area contributed by atoms with Crippen molar-refractivity contribution in [3.05, 3.63) is 168 Å². The number of hydrogen-bond donors (Lipinski definition) is 2. The number of amides is 3. The van der Waals surface area contributed by atoms with Crippen molar-refractivity contribution in [2.75, 3.05) is 20.3 Å². The monoisotopic (exact) mass is 789 g/mol. The van der Waals surface area contributed by atoms with Gasteiger partial charge in [-0.25, -0.2) is 9.36 Å². The lowest BCUT2D eigenvalue weighted by atomic mass is 9.84. The van der Waals surface area contributed by atoms with Gasteiger partial charge in [-0.05, 0) is 66.6 Å². The first-order chi connectivity index (χ1) is 27.8. The fourth-order valence-electron chi connectivity index (χ4n) is 6.95. The van der Waals surface area contributed by atoms with E-state index in [0.717, 1.165) is 16.7 Å². The van der Waals surface area contributed by atoms with Crippen LogP contribution in [0.1, 0.15) is 48.3 Å². The Kier molecular flexibility index (Phi) is 14.5. The number of benzene rings is 5. The number of methoxy groups -OCH3 is 1. The second-order valence-corrected chi connectivity index (χ2v) is 15.7. The Labute approximate surface area is 333 Å². The van der Waals surface area contributed by atoms with Gasteiger partial charge in [-0.3, -0.25) is 9.59 Å². The molecule has 1 aliphatic rings. The maximum atomic E-state index is 15.0. The number of carbonyl (C=O) groups is 3. The van der Waals surface area contributed by atoms with Crippen LogP contribution in [0.15, 0.2) is 152 Å². The maximum absolute atomic E-state index is 15.0. The van der Waals surface area contributed by atoms with Gasteiger partial charge in [0, 0.05) is 26.2 Å². The number of nitrogens with one attached hydrogen (secondary N) is 2. The fraction of sp³-hybridized carbons (Fsp3) is 0.267. The molecule has 3 atom stereocenters. The summed E-state index contributed by atoms with van der Waals surface area (Å²) in [7, 11) is -2.62. The molecular weight excluding hydrogens is 741 g/mol. The molecule has 0 radical (unpaired) electrons. The highest BCUT2D eigenvalue weighted by Crippen LogP contribution is 2.53. The summed E-state index contributed by atoms with van der Waals surface area (Å²) in [5.41, 5.74) is 2.38. The van der Waals surface area contributed by atoms with Crippen molar-refractivity contribution < 1.29 is 37.5 Å². The minimum Gasteiger partial charge on any atom is -0.445 e. The first-order valence-corrected chi connectivity index (χ1v) is 20.7. The minimum atomic E-state index is -4.18. The third-order valence-electron chi connectivity index (χ3n) is 9.71. The summed E-state index contributed by atoms with van der Waals surface area (Å²) < 4.78 is 38.2. The second kappa shape index (κ2) is 20.3. The molecule has 5 aromatic carbocycles. The molecular formula is C45H48N3O8P. The summed E-state index contributed by atoms with van der Waals surface area (Å²) in [6.45, 7) is 0.604. The molecule has 0 spiro atoms. The van der Waals surface area contributed by atoms with E-state index >= 15 is 0 Å². The van der Waals surface area contributed by atoms with Crippen LogP contribution in [0.5, 0.6) is 11.5 Å². The van der Waals surface area contributed by atoms with E-state index in [1.807, 2.05) is 103 Å². The van der Waals surface area contributed by atoms with Crippen LogP contribution in [-0.2, 0) is 30.2 Å². The van der Waals surface area contributed by atoms with Crippen molar-refractivity contribution in [1.29, 1.82) is 0 Å². The first-order valence-electron chi connectivity index (χ1n) is 19.1. The summed E-state index contributed by atoms with van der Waals surface area (Å²) in [4.78, 5) is 44.5. The Balaban J connectivity index is 1.30. The summed E-state index contributed by atoms with van der Waals surface area (Å²) >= 11 is 0. The molecule has 1 saturated heterocycles. The van der Waals surface area contributed by atoms with Gasteiger partial charge >= 0.3 is 13.7 Å². The molecule has 1 aliphatic heterocycles. The lowest BCUT2D eigenvalue weighted by Crippen LogP contribution is -2.56. The molecule has 2 N–H and O–H groups in total. The lowest BCUT2D eigenvalue weighted by Gasteiger charge is -2.34. The molecule has 12 heteroatoms. The molecule has 6 rings (SSSR count). The highest BCUT2D eigenvalue weighted by molar-refractivity contribution is 7.55. The number of hydrogen-bond acceptors (Lipinski definition) is 8. The minimum absolute atomic E-state index is 0.00426. The van der Waals surface area contributed by atoms with E-state index in [0.29, 0.717) is 37.4 Å². The van der Waals surface area contributed by atoms with E-state index < -0.39 is 49.3 Å². The SMILES string of the molecule is COCCC[C@H](NC(=O)[C@@H]1CCCN1C(=O)[C@H](NC(=O)OCc1ccccc1)C(c1ccccc1)c1ccccc1)P(=O)(Oc1ccccc1)Oc1ccccc1. The molecule has 0 bridgehead atoms. The highest BCUT2D eigenvalue weighted by atomic mass is 31.2. The molecule has 0 saturated carbocycles. The number of ether oxygens (including phenoxy) is 2. The van der Waals surface area contributed by atoms with Gasteiger partial charge in [0.1, 0.15) is 30.2 Å². The van der Waals surface area contributed by atoms with E-state index in [2.05, 4.69) is 10.6 Å². The predicted molar refractivity (Wildman–Crippen MR) is 218 cm³/mol. The third-order valence-corrected chi connectivity index (χ3v) is 11.8. The summed E-state index contributed by atoms with van der Waals surface area (Å²) in [6.07, 6.45) is 0.729. The fourth-order valence-corrected chi connectivity index (χ4v) is 8.86. The molecule has 0 aliphatic carbocycles. The second-order valence-electron chi connectivity index (χ2n) is 13.7. The smallest absolute Gasteiger partial charge is 0.445 e. The topological polar surface area (TPSA) is 133 Å². The van der Waals surface area contributed by atoms with Crippen LogP contribution in [0.25, 0.3) is 0 Å². The van der Waals surface area contributed by atoms with Crippen LogP contribution >= 0.6 is 7.60 Å². The number of nitrogens with zero attached hydrogens (tertiary/aromatic N) is 1. The zero-order valence-electron chi connectivity index (χ0n) is 31.9. The number of carbonyl (C=O) groups excluding carboxylic acids is 3. The molecule has 0 unspecified atom stereocenters. The van der Waals surface area contributed by atoms with Crippen molar-refractivity contribution in [3.8, 4) is 11.5 Å². The van der Waals surface area contributed by atoms with Crippen LogP contribution in [-0.4, -0.2) is 60.9 Å². The summed E-state index contributed by atoms with van der Waals surface area (Å²) in [5, 5.41) is 5.87. The Morgan fingerprint density at radius 2 is 1.23 bits per heavy atom. The zero-order valence-corrected chi connectivity index (χ0v) is 32.7. The van der Waals surface area contributed by atoms with Crippen molar-refractivity contribution in [2.24, 2.45) is 0 Å². The van der Waals surface area contributed by atoms with Gasteiger partial charge in [0.05, 0.1) is 0 Å². The number of alkyl carbamates (subject to hydrolysis) is 1. The van der Waals surface area contributed by atoms with E-state index in [1.54, 1.807) is 55.6 Å². The predicted octanol–water partition coefficient (Wildman–Crippen LogP) is 8.32. The molecule has 0 aromatic heterocycles. The maximum Gasteiger partial charge on any atom is 0.452 e.